The first kappa shape index (κ1) is 16.0. The Balaban J connectivity index is 2.57. The van der Waals surface area contributed by atoms with E-state index in [2.05, 4.69) is 55.4 Å². The minimum atomic E-state index is 0.360. The second-order valence-corrected chi connectivity index (χ2v) is 5.55. The van der Waals surface area contributed by atoms with Gasteiger partial charge in [-0.1, -0.05) is 26.8 Å². The SMILES string of the molecule is CCC(c1nc2cc(C)ccc2n1CCN)N(CC)CC. The fourth-order valence-electron chi connectivity index (χ4n) is 3.15. The minimum Gasteiger partial charge on any atom is -0.329 e. The van der Waals surface area contributed by atoms with E-state index >= 15 is 0 Å². The second kappa shape index (κ2) is 7.05. The maximum absolute atomic E-state index is 5.83. The van der Waals surface area contributed by atoms with E-state index in [1.807, 2.05) is 0 Å². The summed E-state index contributed by atoms with van der Waals surface area (Å²) in [6, 6.07) is 6.85. The van der Waals surface area contributed by atoms with Crippen molar-refractivity contribution in [2.45, 2.75) is 46.7 Å². The van der Waals surface area contributed by atoms with Gasteiger partial charge in [-0.05, 0) is 44.1 Å². The lowest BCUT2D eigenvalue weighted by atomic mass is 10.1. The largest absolute Gasteiger partial charge is 0.329 e. The zero-order valence-electron chi connectivity index (χ0n) is 13.8. The van der Waals surface area contributed by atoms with Crippen LogP contribution < -0.4 is 5.73 Å². The van der Waals surface area contributed by atoms with Crippen LogP contribution in [0.5, 0.6) is 0 Å². The lowest BCUT2D eigenvalue weighted by molar-refractivity contribution is 0.201. The van der Waals surface area contributed by atoms with Crippen molar-refractivity contribution in [3.63, 3.8) is 0 Å². The van der Waals surface area contributed by atoms with Gasteiger partial charge in [-0.25, -0.2) is 4.98 Å². The molecule has 4 nitrogen and oxygen atoms in total. The van der Waals surface area contributed by atoms with E-state index in [9.17, 15) is 0 Å². The van der Waals surface area contributed by atoms with Gasteiger partial charge in [-0.3, -0.25) is 4.90 Å². The highest BCUT2D eigenvalue weighted by Gasteiger charge is 2.22. The Labute approximate surface area is 128 Å². The van der Waals surface area contributed by atoms with Crippen molar-refractivity contribution in [2.24, 2.45) is 5.73 Å². The standard InChI is InChI=1S/C17H28N4/c1-5-15(20(6-2)7-3)17-19-14-12-13(4)8-9-16(14)21(17)11-10-18/h8-9,12,15H,5-7,10-11,18H2,1-4H3. The van der Waals surface area contributed by atoms with Gasteiger partial charge in [0.15, 0.2) is 0 Å². The van der Waals surface area contributed by atoms with Gasteiger partial charge >= 0.3 is 0 Å². The predicted molar refractivity (Wildman–Crippen MR) is 89.5 cm³/mol. The van der Waals surface area contributed by atoms with Crippen molar-refractivity contribution in [3.8, 4) is 0 Å². The number of aromatic nitrogens is 2. The van der Waals surface area contributed by atoms with Crippen LogP contribution in [0.3, 0.4) is 0 Å². The predicted octanol–water partition coefficient (Wildman–Crippen LogP) is 3.10. The molecule has 0 spiro atoms. The summed E-state index contributed by atoms with van der Waals surface area (Å²) in [4.78, 5) is 7.42. The molecule has 0 fully saturated rings. The van der Waals surface area contributed by atoms with E-state index < -0.39 is 0 Å². The van der Waals surface area contributed by atoms with Gasteiger partial charge in [-0.15, -0.1) is 0 Å². The molecule has 0 aliphatic carbocycles. The van der Waals surface area contributed by atoms with Gasteiger partial charge < -0.3 is 10.3 Å². The van der Waals surface area contributed by atoms with Crippen molar-refractivity contribution in [1.82, 2.24) is 14.5 Å². The average molecular weight is 288 g/mol. The lowest BCUT2D eigenvalue weighted by Crippen LogP contribution is -2.30. The molecule has 0 radical (unpaired) electrons. The number of hydrogen-bond donors (Lipinski definition) is 1. The molecular weight excluding hydrogens is 260 g/mol. The quantitative estimate of drug-likeness (QED) is 0.851. The molecule has 1 heterocycles. The summed E-state index contributed by atoms with van der Waals surface area (Å²) in [7, 11) is 0. The van der Waals surface area contributed by atoms with E-state index in [0.717, 1.165) is 37.4 Å². The second-order valence-electron chi connectivity index (χ2n) is 5.55. The molecule has 0 amide bonds. The number of nitrogens with zero attached hydrogens (tertiary/aromatic N) is 3. The molecule has 0 aliphatic rings. The first-order valence-electron chi connectivity index (χ1n) is 8.07. The summed E-state index contributed by atoms with van der Waals surface area (Å²) in [5.41, 5.74) is 9.37. The highest BCUT2D eigenvalue weighted by atomic mass is 15.2. The molecule has 1 aromatic heterocycles. The zero-order valence-corrected chi connectivity index (χ0v) is 13.8. The molecule has 21 heavy (non-hydrogen) atoms. The van der Waals surface area contributed by atoms with Crippen LogP contribution in [0.2, 0.25) is 0 Å². The third kappa shape index (κ3) is 3.11. The van der Waals surface area contributed by atoms with Crippen LogP contribution in [-0.2, 0) is 6.54 Å². The average Bonchev–Trinajstić information content (AvgIpc) is 2.82. The number of imidazole rings is 1. The van der Waals surface area contributed by atoms with E-state index in [1.54, 1.807) is 0 Å². The summed E-state index contributed by atoms with van der Waals surface area (Å²) in [5, 5.41) is 0. The summed E-state index contributed by atoms with van der Waals surface area (Å²) in [5.74, 6) is 1.16. The molecule has 0 saturated heterocycles. The molecule has 2 N–H and O–H groups in total. The van der Waals surface area contributed by atoms with Gasteiger partial charge in [0, 0.05) is 13.1 Å². The molecule has 0 bridgehead atoms. The van der Waals surface area contributed by atoms with Crippen molar-refractivity contribution in [2.75, 3.05) is 19.6 Å². The Hall–Kier alpha value is -1.39. The van der Waals surface area contributed by atoms with Crippen LogP contribution >= 0.6 is 0 Å². The normalized spacial score (nSPS) is 13.2. The number of rotatable bonds is 7. The van der Waals surface area contributed by atoms with Gasteiger partial charge in [-0.2, -0.15) is 0 Å². The van der Waals surface area contributed by atoms with Gasteiger partial charge in [0.1, 0.15) is 5.82 Å². The Morgan fingerprint density at radius 3 is 2.52 bits per heavy atom. The third-order valence-corrected chi connectivity index (χ3v) is 4.22. The van der Waals surface area contributed by atoms with Gasteiger partial charge in [0.05, 0.1) is 17.1 Å². The third-order valence-electron chi connectivity index (χ3n) is 4.22. The highest BCUT2D eigenvalue weighted by molar-refractivity contribution is 5.77. The highest BCUT2D eigenvalue weighted by Crippen LogP contribution is 2.27. The van der Waals surface area contributed by atoms with E-state index in [0.29, 0.717) is 12.6 Å². The van der Waals surface area contributed by atoms with E-state index in [4.69, 9.17) is 10.7 Å². The number of nitrogens with two attached hydrogens (primary N) is 1. The summed E-state index contributed by atoms with van der Waals surface area (Å²) >= 11 is 0. The molecule has 1 unspecified atom stereocenters. The molecule has 4 heteroatoms. The zero-order chi connectivity index (χ0) is 15.4. The molecule has 116 valence electrons. The monoisotopic (exact) mass is 288 g/mol. The smallest absolute Gasteiger partial charge is 0.127 e. The first-order chi connectivity index (χ1) is 10.2. The molecule has 2 rings (SSSR count). The number of hydrogen-bond acceptors (Lipinski definition) is 3. The van der Waals surface area contributed by atoms with E-state index in [1.165, 1.54) is 11.1 Å². The van der Waals surface area contributed by atoms with Crippen LogP contribution in [0.15, 0.2) is 18.2 Å². The minimum absolute atomic E-state index is 0.360. The summed E-state index contributed by atoms with van der Waals surface area (Å²) < 4.78 is 2.31. The maximum atomic E-state index is 5.83. The van der Waals surface area contributed by atoms with Gasteiger partial charge in [0.25, 0.3) is 0 Å². The van der Waals surface area contributed by atoms with Gasteiger partial charge in [0.2, 0.25) is 0 Å². The van der Waals surface area contributed by atoms with Crippen molar-refractivity contribution < 1.29 is 0 Å². The number of benzene rings is 1. The topological polar surface area (TPSA) is 47.1 Å². The van der Waals surface area contributed by atoms with Crippen molar-refractivity contribution in [1.29, 1.82) is 0 Å². The Morgan fingerprint density at radius 2 is 1.95 bits per heavy atom. The van der Waals surface area contributed by atoms with Crippen LogP contribution in [-0.4, -0.2) is 34.1 Å². The van der Waals surface area contributed by atoms with Crippen LogP contribution in [0.4, 0.5) is 0 Å². The lowest BCUT2D eigenvalue weighted by Gasteiger charge is -2.28. The summed E-state index contributed by atoms with van der Waals surface area (Å²) in [6.07, 6.45) is 1.06. The molecule has 0 aliphatic heterocycles. The molecule has 1 aromatic carbocycles. The molecular formula is C17H28N4. The first-order valence-corrected chi connectivity index (χ1v) is 8.07. The fourth-order valence-corrected chi connectivity index (χ4v) is 3.15. The van der Waals surface area contributed by atoms with Crippen LogP contribution in [0.25, 0.3) is 11.0 Å². The Bertz CT molecular complexity index is 584. The summed E-state index contributed by atoms with van der Waals surface area (Å²) in [6.45, 7) is 12.3. The van der Waals surface area contributed by atoms with Crippen molar-refractivity contribution in [3.05, 3.63) is 29.6 Å². The fraction of sp³-hybridized carbons (Fsp3) is 0.588. The van der Waals surface area contributed by atoms with Crippen LogP contribution in [0.1, 0.15) is 44.6 Å². The molecule has 1 atom stereocenters. The molecule has 0 saturated carbocycles. The molecule has 2 aromatic rings. The number of aryl methyl sites for hydroxylation is 1. The Kier molecular flexibility index (Phi) is 5.37. The van der Waals surface area contributed by atoms with Crippen LogP contribution in [0, 0.1) is 6.92 Å². The Morgan fingerprint density at radius 1 is 1.24 bits per heavy atom. The van der Waals surface area contributed by atoms with Crippen molar-refractivity contribution >= 4 is 11.0 Å². The maximum Gasteiger partial charge on any atom is 0.127 e. The van der Waals surface area contributed by atoms with E-state index in [-0.39, 0.29) is 0 Å². The number of fused-ring (bicyclic) bond motifs is 1.